The Balaban J connectivity index is 1.60. The summed E-state index contributed by atoms with van der Waals surface area (Å²) in [5.74, 6) is 0.604. The zero-order valence-electron chi connectivity index (χ0n) is 17.1. The van der Waals surface area contributed by atoms with E-state index in [1.54, 1.807) is 39.8 Å². The number of thioether (sulfide) groups is 1. The standard InChI is InChI=1S/C20H27N3O4S2/c1-4-21(5-2)29(26,27)15-6-7-16-14(12-15)9-11-22(16)19(25)17-13-28-20(3)10-8-18(24)23(17)20/h6-7,12,17H,4-5,8-11,13H2,1-3H3. The zero-order valence-corrected chi connectivity index (χ0v) is 18.7. The molecule has 0 radical (unpaired) electrons. The van der Waals surface area contributed by atoms with E-state index in [9.17, 15) is 18.0 Å². The molecule has 0 bridgehead atoms. The van der Waals surface area contributed by atoms with Crippen LogP contribution in [0.15, 0.2) is 23.1 Å². The average molecular weight is 438 g/mol. The van der Waals surface area contributed by atoms with Crippen LogP contribution in [0.25, 0.3) is 0 Å². The number of benzene rings is 1. The minimum Gasteiger partial charge on any atom is -0.315 e. The van der Waals surface area contributed by atoms with Crippen molar-refractivity contribution in [1.29, 1.82) is 0 Å². The van der Waals surface area contributed by atoms with Gasteiger partial charge >= 0.3 is 0 Å². The fourth-order valence-corrected chi connectivity index (χ4v) is 7.60. The number of carbonyl (C=O) groups excluding carboxylic acids is 2. The minimum atomic E-state index is -3.53. The maximum absolute atomic E-state index is 13.3. The lowest BCUT2D eigenvalue weighted by atomic mass is 10.1. The highest BCUT2D eigenvalue weighted by molar-refractivity contribution is 8.01. The van der Waals surface area contributed by atoms with Crippen molar-refractivity contribution in [2.75, 3.05) is 30.3 Å². The summed E-state index contributed by atoms with van der Waals surface area (Å²) in [5, 5.41) is 0. The normalized spacial score (nSPS) is 26.3. The summed E-state index contributed by atoms with van der Waals surface area (Å²) in [4.78, 5) is 29.2. The number of hydrogen-bond acceptors (Lipinski definition) is 5. The van der Waals surface area contributed by atoms with E-state index in [0.717, 1.165) is 17.7 Å². The van der Waals surface area contributed by atoms with Gasteiger partial charge in [0, 0.05) is 37.5 Å². The topological polar surface area (TPSA) is 78.0 Å². The van der Waals surface area contributed by atoms with E-state index in [1.165, 1.54) is 4.31 Å². The molecule has 0 N–H and O–H groups in total. The Labute approximate surface area is 176 Å². The molecule has 2 saturated heterocycles. The lowest BCUT2D eigenvalue weighted by Crippen LogP contribution is -2.51. The van der Waals surface area contributed by atoms with Gasteiger partial charge in [0.1, 0.15) is 6.04 Å². The maximum atomic E-state index is 13.3. The number of anilines is 1. The van der Waals surface area contributed by atoms with Crippen molar-refractivity contribution >= 4 is 39.3 Å². The SMILES string of the molecule is CCN(CC)S(=O)(=O)c1ccc2c(c1)CCN2C(=O)C1CSC2(C)CCC(=O)N12. The van der Waals surface area contributed by atoms with Crippen LogP contribution in [0.5, 0.6) is 0 Å². The summed E-state index contributed by atoms with van der Waals surface area (Å²) in [6.07, 6.45) is 1.90. The third kappa shape index (κ3) is 3.18. The number of amides is 2. The molecule has 3 aliphatic heterocycles. The number of rotatable bonds is 5. The van der Waals surface area contributed by atoms with Gasteiger partial charge in [-0.05, 0) is 43.5 Å². The molecule has 2 atom stereocenters. The molecule has 2 fully saturated rings. The van der Waals surface area contributed by atoms with Gasteiger partial charge in [-0.25, -0.2) is 8.42 Å². The Morgan fingerprint density at radius 1 is 1.28 bits per heavy atom. The molecule has 1 aromatic rings. The number of carbonyl (C=O) groups is 2. The molecule has 0 aliphatic carbocycles. The van der Waals surface area contributed by atoms with E-state index in [4.69, 9.17) is 0 Å². The highest BCUT2D eigenvalue weighted by Gasteiger charge is 2.54. The minimum absolute atomic E-state index is 0.0518. The van der Waals surface area contributed by atoms with Crippen molar-refractivity contribution < 1.29 is 18.0 Å². The lowest BCUT2D eigenvalue weighted by molar-refractivity contribution is -0.136. The quantitative estimate of drug-likeness (QED) is 0.705. The number of nitrogens with zero attached hydrogens (tertiary/aromatic N) is 3. The van der Waals surface area contributed by atoms with Crippen molar-refractivity contribution in [2.45, 2.75) is 55.8 Å². The summed E-state index contributed by atoms with van der Waals surface area (Å²) in [6.45, 7) is 7.04. The first kappa shape index (κ1) is 20.7. The first-order valence-corrected chi connectivity index (χ1v) is 12.6. The molecule has 0 aromatic heterocycles. The summed E-state index contributed by atoms with van der Waals surface area (Å²) >= 11 is 1.68. The fraction of sp³-hybridized carbons (Fsp3) is 0.600. The Morgan fingerprint density at radius 2 is 2.00 bits per heavy atom. The van der Waals surface area contributed by atoms with E-state index < -0.39 is 16.1 Å². The highest BCUT2D eigenvalue weighted by Crippen LogP contribution is 2.48. The van der Waals surface area contributed by atoms with E-state index >= 15 is 0 Å². The molecule has 3 aliphatic rings. The van der Waals surface area contributed by atoms with Gasteiger partial charge in [-0.1, -0.05) is 13.8 Å². The van der Waals surface area contributed by atoms with Gasteiger partial charge in [0.15, 0.2) is 0 Å². The van der Waals surface area contributed by atoms with Crippen molar-refractivity contribution in [2.24, 2.45) is 0 Å². The van der Waals surface area contributed by atoms with Gasteiger partial charge in [0.05, 0.1) is 9.77 Å². The second kappa shape index (κ2) is 7.28. The molecule has 9 heteroatoms. The first-order valence-electron chi connectivity index (χ1n) is 10.1. The van der Waals surface area contributed by atoms with Crippen LogP contribution in [0.4, 0.5) is 5.69 Å². The van der Waals surface area contributed by atoms with Gasteiger partial charge in [-0.15, -0.1) is 11.8 Å². The van der Waals surface area contributed by atoms with Gasteiger partial charge in [-0.2, -0.15) is 4.31 Å². The second-order valence-electron chi connectivity index (χ2n) is 7.89. The molecule has 29 heavy (non-hydrogen) atoms. The molecule has 0 saturated carbocycles. The summed E-state index contributed by atoms with van der Waals surface area (Å²) in [5.41, 5.74) is 1.63. The smallest absolute Gasteiger partial charge is 0.250 e. The van der Waals surface area contributed by atoms with Gasteiger partial charge in [0.25, 0.3) is 5.91 Å². The zero-order chi connectivity index (χ0) is 21.0. The number of hydrogen-bond donors (Lipinski definition) is 0. The van der Waals surface area contributed by atoms with Crippen LogP contribution in [-0.4, -0.2) is 65.7 Å². The average Bonchev–Trinajstić information content (AvgIpc) is 3.35. The predicted octanol–water partition coefficient (Wildman–Crippen LogP) is 2.06. The maximum Gasteiger partial charge on any atom is 0.250 e. The van der Waals surface area contributed by atoms with E-state index in [1.807, 2.05) is 20.8 Å². The van der Waals surface area contributed by atoms with Gasteiger partial charge in [-0.3, -0.25) is 9.59 Å². The van der Waals surface area contributed by atoms with Crippen LogP contribution in [0.3, 0.4) is 0 Å². The lowest BCUT2D eigenvalue weighted by Gasteiger charge is -2.32. The molecule has 2 amide bonds. The molecule has 2 unspecified atom stereocenters. The van der Waals surface area contributed by atoms with Crippen LogP contribution in [0, 0.1) is 0 Å². The van der Waals surface area contributed by atoms with Crippen molar-refractivity contribution in [1.82, 2.24) is 9.21 Å². The Bertz CT molecular complexity index is 960. The Kier molecular flexibility index (Phi) is 5.19. The third-order valence-corrected chi connectivity index (χ3v) is 9.84. The van der Waals surface area contributed by atoms with Crippen LogP contribution in [0.2, 0.25) is 0 Å². The predicted molar refractivity (Wildman–Crippen MR) is 113 cm³/mol. The van der Waals surface area contributed by atoms with Crippen LogP contribution >= 0.6 is 11.8 Å². The van der Waals surface area contributed by atoms with Crippen LogP contribution in [-0.2, 0) is 26.0 Å². The molecule has 4 rings (SSSR count). The van der Waals surface area contributed by atoms with Gasteiger partial charge < -0.3 is 9.80 Å². The van der Waals surface area contributed by atoms with E-state index in [0.29, 0.717) is 38.2 Å². The molecule has 158 valence electrons. The first-order chi connectivity index (χ1) is 13.7. The summed E-state index contributed by atoms with van der Waals surface area (Å²) < 4.78 is 27.1. The summed E-state index contributed by atoms with van der Waals surface area (Å²) in [6, 6.07) is 4.59. The molecule has 3 heterocycles. The number of fused-ring (bicyclic) bond motifs is 2. The van der Waals surface area contributed by atoms with E-state index in [-0.39, 0.29) is 21.6 Å². The fourth-order valence-electron chi connectivity index (χ4n) is 4.66. The molecular weight excluding hydrogens is 410 g/mol. The molecule has 1 aromatic carbocycles. The van der Waals surface area contributed by atoms with Crippen molar-refractivity contribution in [3.63, 3.8) is 0 Å². The third-order valence-electron chi connectivity index (χ3n) is 6.29. The largest absolute Gasteiger partial charge is 0.315 e. The molecule has 0 spiro atoms. The second-order valence-corrected chi connectivity index (χ2v) is 11.3. The highest BCUT2D eigenvalue weighted by atomic mass is 32.2. The molecular formula is C20H27N3O4S2. The van der Waals surface area contributed by atoms with Crippen molar-refractivity contribution in [3.05, 3.63) is 23.8 Å². The number of sulfonamides is 1. The Hall–Kier alpha value is -1.58. The van der Waals surface area contributed by atoms with Crippen LogP contribution in [0.1, 0.15) is 39.2 Å². The monoisotopic (exact) mass is 437 g/mol. The van der Waals surface area contributed by atoms with Crippen LogP contribution < -0.4 is 4.90 Å². The summed E-state index contributed by atoms with van der Waals surface area (Å²) in [7, 11) is -3.53. The molecule has 7 nitrogen and oxygen atoms in total. The van der Waals surface area contributed by atoms with E-state index in [2.05, 4.69) is 0 Å². The van der Waals surface area contributed by atoms with Gasteiger partial charge in [0.2, 0.25) is 15.9 Å². The van der Waals surface area contributed by atoms with Crippen molar-refractivity contribution in [3.8, 4) is 0 Å². The Morgan fingerprint density at radius 3 is 2.69 bits per heavy atom.